The van der Waals surface area contributed by atoms with Gasteiger partial charge in [-0.3, -0.25) is 4.79 Å². The third-order valence-corrected chi connectivity index (χ3v) is 5.77. The fourth-order valence-corrected chi connectivity index (χ4v) is 5.25. The van der Waals surface area contributed by atoms with Crippen LogP contribution in [0.25, 0.3) is 0 Å². The van der Waals surface area contributed by atoms with Crippen LogP contribution in [-0.4, -0.2) is 5.78 Å². The second-order valence-electron chi connectivity index (χ2n) is 7.15. The molecule has 1 aromatic rings. The van der Waals surface area contributed by atoms with Gasteiger partial charge in [-0.05, 0) is 62.3 Å². The van der Waals surface area contributed by atoms with Gasteiger partial charge in [-0.1, -0.05) is 29.3 Å². The van der Waals surface area contributed by atoms with Gasteiger partial charge in [0.25, 0.3) is 0 Å². The van der Waals surface area contributed by atoms with Gasteiger partial charge >= 0.3 is 0 Å². The summed E-state index contributed by atoms with van der Waals surface area (Å²) in [6, 6.07) is 6.54. The molecule has 4 rings (SSSR count). The molecular weight excluding hydrogens is 232 g/mol. The summed E-state index contributed by atoms with van der Waals surface area (Å²) in [4.78, 5) is 12.5. The van der Waals surface area contributed by atoms with E-state index in [0.717, 1.165) is 23.7 Å². The maximum atomic E-state index is 12.5. The van der Waals surface area contributed by atoms with Crippen LogP contribution in [0.15, 0.2) is 18.2 Å². The minimum absolute atomic E-state index is 0.437. The fourth-order valence-electron chi connectivity index (χ4n) is 5.25. The topological polar surface area (TPSA) is 17.1 Å². The summed E-state index contributed by atoms with van der Waals surface area (Å²) in [5.74, 6) is 4.35. The highest BCUT2D eigenvalue weighted by Crippen LogP contribution is 2.69. The van der Waals surface area contributed by atoms with Crippen molar-refractivity contribution >= 4 is 5.78 Å². The standard InChI is InChI=1S/C18H22O/c1-10-5-11(2)7-12(6-10)8-15(19)18-16-13-3-4-14(9-13)17(16)18/h5-7,13-14,16-18H,3-4,8-9H2,1-2H3. The predicted molar refractivity (Wildman–Crippen MR) is 75.9 cm³/mol. The minimum atomic E-state index is 0.437. The zero-order chi connectivity index (χ0) is 13.1. The number of carbonyl (C=O) groups excluding carboxylic acids is 1. The van der Waals surface area contributed by atoms with E-state index in [1.54, 1.807) is 0 Å². The van der Waals surface area contributed by atoms with E-state index in [2.05, 4.69) is 32.0 Å². The predicted octanol–water partition coefficient (Wildman–Crippen LogP) is 3.71. The minimum Gasteiger partial charge on any atom is -0.299 e. The number of fused-ring (bicyclic) bond motifs is 5. The van der Waals surface area contributed by atoms with Gasteiger partial charge in [-0.25, -0.2) is 0 Å². The lowest BCUT2D eigenvalue weighted by Gasteiger charge is -2.09. The number of carbonyl (C=O) groups is 1. The number of hydrogen-bond acceptors (Lipinski definition) is 1. The molecule has 19 heavy (non-hydrogen) atoms. The number of benzene rings is 1. The van der Waals surface area contributed by atoms with Crippen LogP contribution in [-0.2, 0) is 11.2 Å². The van der Waals surface area contributed by atoms with Crippen LogP contribution in [0, 0.1) is 43.4 Å². The van der Waals surface area contributed by atoms with Crippen molar-refractivity contribution in [2.45, 2.75) is 39.5 Å². The van der Waals surface area contributed by atoms with Gasteiger partial charge in [0, 0.05) is 12.3 Å². The highest BCUT2D eigenvalue weighted by atomic mass is 16.1. The van der Waals surface area contributed by atoms with Crippen LogP contribution in [0.4, 0.5) is 0 Å². The molecule has 3 aliphatic rings. The third-order valence-electron chi connectivity index (χ3n) is 5.77. The van der Waals surface area contributed by atoms with Crippen molar-refractivity contribution in [2.24, 2.45) is 29.6 Å². The molecule has 3 saturated carbocycles. The van der Waals surface area contributed by atoms with E-state index in [9.17, 15) is 4.79 Å². The smallest absolute Gasteiger partial charge is 0.140 e. The van der Waals surface area contributed by atoms with Crippen LogP contribution in [0.2, 0.25) is 0 Å². The summed E-state index contributed by atoms with van der Waals surface area (Å²) in [5.41, 5.74) is 3.78. The summed E-state index contributed by atoms with van der Waals surface area (Å²) in [5, 5.41) is 0. The lowest BCUT2D eigenvalue weighted by atomic mass is 9.95. The molecule has 3 fully saturated rings. The Bertz CT molecular complexity index is 508. The Hall–Kier alpha value is -1.11. The van der Waals surface area contributed by atoms with E-state index in [1.807, 2.05) is 0 Å². The molecule has 0 amide bonds. The van der Waals surface area contributed by atoms with Crippen molar-refractivity contribution < 1.29 is 4.79 Å². The van der Waals surface area contributed by atoms with Crippen molar-refractivity contribution in [3.05, 3.63) is 34.9 Å². The van der Waals surface area contributed by atoms with Crippen LogP contribution < -0.4 is 0 Å². The van der Waals surface area contributed by atoms with E-state index >= 15 is 0 Å². The molecule has 0 spiro atoms. The van der Waals surface area contributed by atoms with E-state index < -0.39 is 0 Å². The Kier molecular flexibility index (Phi) is 2.43. The molecule has 0 aromatic heterocycles. The first-order valence-corrected chi connectivity index (χ1v) is 7.73. The van der Waals surface area contributed by atoms with Crippen LogP contribution in [0.5, 0.6) is 0 Å². The van der Waals surface area contributed by atoms with Crippen LogP contribution >= 0.6 is 0 Å². The Labute approximate surface area is 115 Å². The Morgan fingerprint density at radius 3 is 2.21 bits per heavy atom. The van der Waals surface area contributed by atoms with Crippen LogP contribution in [0.3, 0.4) is 0 Å². The lowest BCUT2D eigenvalue weighted by Crippen LogP contribution is -2.12. The molecule has 0 aliphatic heterocycles. The first kappa shape index (κ1) is 11.7. The van der Waals surface area contributed by atoms with Gasteiger partial charge in [0.05, 0.1) is 0 Å². The van der Waals surface area contributed by atoms with Crippen molar-refractivity contribution in [2.75, 3.05) is 0 Å². The molecular formula is C18H22O. The largest absolute Gasteiger partial charge is 0.299 e. The van der Waals surface area contributed by atoms with Gasteiger partial charge in [0.1, 0.15) is 5.78 Å². The molecule has 0 saturated heterocycles. The van der Waals surface area contributed by atoms with Crippen molar-refractivity contribution in [3.8, 4) is 0 Å². The molecule has 4 atom stereocenters. The quantitative estimate of drug-likeness (QED) is 0.803. The Balaban J connectivity index is 1.48. The molecule has 1 heteroatoms. The summed E-state index contributed by atoms with van der Waals surface area (Å²) < 4.78 is 0. The van der Waals surface area contributed by atoms with E-state index in [0.29, 0.717) is 18.1 Å². The van der Waals surface area contributed by atoms with Crippen LogP contribution in [0.1, 0.15) is 36.0 Å². The van der Waals surface area contributed by atoms with Gasteiger partial charge in [0.2, 0.25) is 0 Å². The van der Waals surface area contributed by atoms with E-state index in [-0.39, 0.29) is 0 Å². The zero-order valence-electron chi connectivity index (χ0n) is 11.9. The lowest BCUT2D eigenvalue weighted by molar-refractivity contribution is -0.120. The monoisotopic (exact) mass is 254 g/mol. The highest BCUT2D eigenvalue weighted by Gasteiger charge is 2.66. The number of aryl methyl sites for hydroxylation is 2. The number of ketones is 1. The third kappa shape index (κ3) is 1.78. The first-order valence-electron chi connectivity index (χ1n) is 7.73. The van der Waals surface area contributed by atoms with Gasteiger partial charge in [-0.15, -0.1) is 0 Å². The van der Waals surface area contributed by atoms with Gasteiger partial charge < -0.3 is 0 Å². The van der Waals surface area contributed by atoms with Crippen molar-refractivity contribution in [3.63, 3.8) is 0 Å². The second-order valence-corrected chi connectivity index (χ2v) is 7.15. The number of Topliss-reactive ketones (excluding diaryl/α,β-unsaturated/α-hetero) is 1. The van der Waals surface area contributed by atoms with Gasteiger partial charge in [-0.2, -0.15) is 0 Å². The molecule has 0 radical (unpaired) electrons. The maximum absolute atomic E-state index is 12.5. The molecule has 0 heterocycles. The SMILES string of the molecule is Cc1cc(C)cc(CC(=O)C2C3C4CCC(C4)C23)c1. The molecule has 1 nitrogen and oxygen atoms in total. The van der Waals surface area contributed by atoms with E-state index in [4.69, 9.17) is 0 Å². The molecule has 3 aliphatic carbocycles. The summed E-state index contributed by atoms with van der Waals surface area (Å²) >= 11 is 0. The summed E-state index contributed by atoms with van der Waals surface area (Å²) in [6.45, 7) is 4.24. The Morgan fingerprint density at radius 2 is 1.63 bits per heavy atom. The average molecular weight is 254 g/mol. The molecule has 1 aromatic carbocycles. The fraction of sp³-hybridized carbons (Fsp3) is 0.611. The number of hydrogen-bond donors (Lipinski definition) is 0. The van der Waals surface area contributed by atoms with Gasteiger partial charge in [0.15, 0.2) is 0 Å². The second kappa shape index (κ2) is 3.94. The maximum Gasteiger partial charge on any atom is 0.140 e. The highest BCUT2D eigenvalue weighted by molar-refractivity contribution is 5.87. The summed E-state index contributed by atoms with van der Waals surface area (Å²) in [6.07, 6.45) is 4.90. The van der Waals surface area contributed by atoms with E-state index in [1.165, 1.54) is 36.0 Å². The molecule has 2 bridgehead atoms. The average Bonchev–Trinajstić information content (AvgIpc) is 2.78. The molecule has 100 valence electrons. The van der Waals surface area contributed by atoms with Crippen molar-refractivity contribution in [1.82, 2.24) is 0 Å². The zero-order valence-corrected chi connectivity index (χ0v) is 11.9. The molecule has 0 N–H and O–H groups in total. The summed E-state index contributed by atoms with van der Waals surface area (Å²) in [7, 11) is 0. The molecule has 4 unspecified atom stereocenters. The van der Waals surface area contributed by atoms with Crippen molar-refractivity contribution in [1.29, 1.82) is 0 Å². The first-order chi connectivity index (χ1) is 9.13. The normalized spacial score (nSPS) is 38.3. The Morgan fingerprint density at radius 1 is 1.05 bits per heavy atom. The number of rotatable bonds is 3.